The number of nitrogens with one attached hydrogen (secondary N) is 1. The van der Waals surface area contributed by atoms with E-state index >= 15 is 0 Å². The highest BCUT2D eigenvalue weighted by molar-refractivity contribution is 7.19. The molecule has 2 aliphatic rings. The van der Waals surface area contributed by atoms with Gasteiger partial charge >= 0.3 is 0 Å². The van der Waals surface area contributed by atoms with Gasteiger partial charge in [0.15, 0.2) is 5.65 Å². The van der Waals surface area contributed by atoms with E-state index in [4.69, 9.17) is 4.98 Å². The predicted octanol–water partition coefficient (Wildman–Crippen LogP) is 3.10. The topological polar surface area (TPSA) is 71.8 Å². The number of rotatable bonds is 2. The van der Waals surface area contributed by atoms with Gasteiger partial charge in [0.2, 0.25) is 5.82 Å². The molecule has 0 amide bonds. The zero-order valence-electron chi connectivity index (χ0n) is 12.4. The Morgan fingerprint density at radius 2 is 2.22 bits per heavy atom. The van der Waals surface area contributed by atoms with Gasteiger partial charge in [-0.3, -0.25) is 5.10 Å². The van der Waals surface area contributed by atoms with Gasteiger partial charge in [-0.1, -0.05) is 0 Å². The third-order valence-electron chi connectivity index (χ3n) is 4.89. The van der Waals surface area contributed by atoms with Gasteiger partial charge in [-0.25, -0.2) is 14.5 Å². The number of aromatic nitrogens is 6. The van der Waals surface area contributed by atoms with Crippen LogP contribution in [0.3, 0.4) is 0 Å². The number of nitrogens with zero attached hydrogens (tertiary/aromatic N) is 5. The van der Waals surface area contributed by atoms with Crippen molar-refractivity contribution in [1.82, 2.24) is 29.8 Å². The summed E-state index contributed by atoms with van der Waals surface area (Å²) in [5, 5.41) is 13.3. The average molecular weight is 322 g/mol. The molecule has 0 unspecified atom stereocenters. The molecule has 0 saturated heterocycles. The summed E-state index contributed by atoms with van der Waals surface area (Å²) in [5.74, 6) is 1.34. The van der Waals surface area contributed by atoms with Crippen molar-refractivity contribution in [2.45, 2.75) is 38.0 Å². The average Bonchev–Trinajstić information content (AvgIpc) is 2.98. The van der Waals surface area contributed by atoms with Crippen LogP contribution in [0.2, 0.25) is 0 Å². The molecule has 4 heterocycles. The van der Waals surface area contributed by atoms with Crippen molar-refractivity contribution in [3.8, 4) is 11.5 Å². The number of H-pyrrole nitrogens is 1. The lowest BCUT2D eigenvalue weighted by Crippen LogP contribution is -1.90. The number of aryl methyl sites for hydroxylation is 2. The second-order valence-electron chi connectivity index (χ2n) is 6.47. The van der Waals surface area contributed by atoms with Gasteiger partial charge in [-0.05, 0) is 43.7 Å². The van der Waals surface area contributed by atoms with E-state index in [0.29, 0.717) is 11.7 Å². The van der Waals surface area contributed by atoms with Crippen LogP contribution in [0.15, 0.2) is 12.4 Å². The molecule has 1 N–H and O–H groups in total. The molecule has 23 heavy (non-hydrogen) atoms. The van der Waals surface area contributed by atoms with Gasteiger partial charge in [0.05, 0.1) is 5.39 Å². The fourth-order valence-electron chi connectivity index (χ4n) is 3.56. The van der Waals surface area contributed by atoms with Crippen LogP contribution in [0.4, 0.5) is 0 Å². The second kappa shape index (κ2) is 4.17. The largest absolute Gasteiger partial charge is 0.282 e. The lowest BCUT2D eigenvalue weighted by atomic mass is 10.2. The first-order chi connectivity index (χ1) is 11.4. The van der Waals surface area contributed by atoms with Crippen molar-refractivity contribution < 1.29 is 0 Å². The highest BCUT2D eigenvalue weighted by Crippen LogP contribution is 2.40. The lowest BCUT2D eigenvalue weighted by Gasteiger charge is -1.95. The summed E-state index contributed by atoms with van der Waals surface area (Å²) < 4.78 is 1.80. The van der Waals surface area contributed by atoms with E-state index in [2.05, 4.69) is 26.3 Å². The first kappa shape index (κ1) is 12.2. The van der Waals surface area contributed by atoms with Crippen molar-refractivity contribution in [2.75, 3.05) is 0 Å². The first-order valence-corrected chi connectivity index (χ1v) is 8.90. The van der Waals surface area contributed by atoms with Gasteiger partial charge in [-0.15, -0.1) is 16.4 Å². The maximum atomic E-state index is 4.79. The molecule has 7 heteroatoms. The molecule has 4 aromatic rings. The number of hydrogen-bond acceptors (Lipinski definition) is 5. The van der Waals surface area contributed by atoms with Crippen molar-refractivity contribution in [2.24, 2.45) is 0 Å². The molecule has 0 bridgehead atoms. The fourth-order valence-corrected chi connectivity index (χ4v) is 4.78. The molecule has 0 radical (unpaired) electrons. The van der Waals surface area contributed by atoms with Gasteiger partial charge < -0.3 is 0 Å². The van der Waals surface area contributed by atoms with Crippen molar-refractivity contribution in [3.63, 3.8) is 0 Å². The third kappa shape index (κ3) is 1.68. The van der Waals surface area contributed by atoms with E-state index in [1.807, 2.05) is 11.3 Å². The van der Waals surface area contributed by atoms with Crippen LogP contribution in [0, 0.1) is 0 Å². The summed E-state index contributed by atoms with van der Waals surface area (Å²) in [7, 11) is 0. The van der Waals surface area contributed by atoms with Crippen LogP contribution >= 0.6 is 11.3 Å². The molecule has 4 aromatic heterocycles. The first-order valence-electron chi connectivity index (χ1n) is 8.08. The van der Waals surface area contributed by atoms with E-state index in [-0.39, 0.29) is 0 Å². The zero-order chi connectivity index (χ0) is 15.0. The van der Waals surface area contributed by atoms with Crippen molar-refractivity contribution in [3.05, 3.63) is 28.5 Å². The maximum Gasteiger partial charge on any atom is 0.202 e. The Hall–Kier alpha value is -2.28. The minimum Gasteiger partial charge on any atom is -0.282 e. The standard InChI is InChI=1S/C16H14N6S/c1-2-9-12(3-1)23-16-13(9)15-18-14(21-22(15)7-17-16)11-6-10(19-20-11)8-4-5-8/h6-8H,1-5H2,(H,19,20). The molecule has 6 rings (SSSR count). The predicted molar refractivity (Wildman–Crippen MR) is 87.7 cm³/mol. The van der Waals surface area contributed by atoms with E-state index in [0.717, 1.165) is 22.6 Å². The van der Waals surface area contributed by atoms with Crippen LogP contribution < -0.4 is 0 Å². The summed E-state index contributed by atoms with van der Waals surface area (Å²) in [5.41, 5.74) is 4.39. The lowest BCUT2D eigenvalue weighted by molar-refractivity contribution is 0.913. The number of fused-ring (bicyclic) bond motifs is 5. The number of aromatic amines is 1. The molecule has 114 valence electrons. The molecule has 0 aliphatic heterocycles. The molecule has 1 fully saturated rings. The Balaban J connectivity index is 1.57. The summed E-state index contributed by atoms with van der Waals surface area (Å²) in [6, 6.07) is 2.09. The highest BCUT2D eigenvalue weighted by Gasteiger charge is 2.27. The zero-order valence-corrected chi connectivity index (χ0v) is 13.2. The van der Waals surface area contributed by atoms with E-state index in [9.17, 15) is 0 Å². The SMILES string of the molecule is c1c(-c2nc3c4c5c(sc4ncn3n2)CCC5)n[nH]c1C1CC1. The molecule has 6 nitrogen and oxygen atoms in total. The minimum atomic E-state index is 0.654. The van der Waals surface area contributed by atoms with Gasteiger partial charge in [0.25, 0.3) is 0 Å². The van der Waals surface area contributed by atoms with Crippen LogP contribution in [-0.4, -0.2) is 29.8 Å². The summed E-state index contributed by atoms with van der Waals surface area (Å²) in [4.78, 5) is 11.9. The Kier molecular flexibility index (Phi) is 2.21. The second-order valence-corrected chi connectivity index (χ2v) is 7.55. The Morgan fingerprint density at radius 3 is 3.13 bits per heavy atom. The van der Waals surface area contributed by atoms with E-state index in [1.54, 1.807) is 10.8 Å². The molecular formula is C16H14N6S. The molecule has 0 spiro atoms. The third-order valence-corrected chi connectivity index (χ3v) is 6.09. The van der Waals surface area contributed by atoms with Crippen molar-refractivity contribution >= 4 is 27.2 Å². The fraction of sp³-hybridized carbons (Fsp3) is 0.375. The Labute approximate surface area is 135 Å². The highest BCUT2D eigenvalue weighted by atomic mass is 32.1. The smallest absolute Gasteiger partial charge is 0.202 e. The van der Waals surface area contributed by atoms with Gasteiger partial charge in [0.1, 0.15) is 16.9 Å². The molecule has 1 saturated carbocycles. The maximum absolute atomic E-state index is 4.79. The number of hydrogen-bond donors (Lipinski definition) is 1. The molecular weight excluding hydrogens is 308 g/mol. The normalized spacial score (nSPS) is 17.4. The van der Waals surface area contributed by atoms with Gasteiger partial charge in [0, 0.05) is 16.5 Å². The van der Waals surface area contributed by atoms with Crippen LogP contribution in [0.1, 0.15) is 41.3 Å². The van der Waals surface area contributed by atoms with Gasteiger partial charge in [-0.2, -0.15) is 5.10 Å². The monoisotopic (exact) mass is 322 g/mol. The van der Waals surface area contributed by atoms with Crippen molar-refractivity contribution in [1.29, 1.82) is 0 Å². The Morgan fingerprint density at radius 1 is 1.26 bits per heavy atom. The van der Waals surface area contributed by atoms with E-state index in [1.165, 1.54) is 47.2 Å². The van der Waals surface area contributed by atoms with Crippen LogP contribution in [0.5, 0.6) is 0 Å². The van der Waals surface area contributed by atoms with Crippen LogP contribution in [-0.2, 0) is 12.8 Å². The quantitative estimate of drug-likeness (QED) is 0.615. The van der Waals surface area contributed by atoms with Crippen LogP contribution in [0.25, 0.3) is 27.4 Å². The molecule has 0 aromatic carbocycles. The summed E-state index contributed by atoms with van der Waals surface area (Å²) >= 11 is 1.81. The molecule has 0 atom stereocenters. The number of thiophene rings is 1. The van der Waals surface area contributed by atoms with E-state index < -0.39 is 0 Å². The summed E-state index contributed by atoms with van der Waals surface area (Å²) in [6.45, 7) is 0. The summed E-state index contributed by atoms with van der Waals surface area (Å²) in [6.07, 6.45) is 7.83. The molecule has 2 aliphatic carbocycles. The Bertz CT molecular complexity index is 1070. The minimum absolute atomic E-state index is 0.654.